The molecule has 1 aliphatic heterocycles. The minimum absolute atomic E-state index is 0.168. The first-order chi connectivity index (χ1) is 9.21. The highest BCUT2D eigenvalue weighted by Gasteiger charge is 2.59. The molecule has 20 heavy (non-hydrogen) atoms. The van der Waals surface area contributed by atoms with E-state index in [9.17, 15) is 4.39 Å². The standard InChI is InChI=1S/C15H19BClFO2/c1-14(2)15(3,4)20-16(19-14)11-8-10(11)9-5-6-12(17)13(18)7-9/h5-7,10-11H,8H2,1-4H3. The van der Waals surface area contributed by atoms with Crippen LogP contribution in [0, 0.1) is 5.82 Å². The molecule has 5 heteroatoms. The van der Waals surface area contributed by atoms with Crippen LogP contribution in [-0.2, 0) is 9.31 Å². The van der Waals surface area contributed by atoms with Crippen molar-refractivity contribution in [2.24, 2.45) is 0 Å². The van der Waals surface area contributed by atoms with Gasteiger partial charge in [-0.3, -0.25) is 0 Å². The molecule has 108 valence electrons. The molecule has 1 aromatic carbocycles. The van der Waals surface area contributed by atoms with Gasteiger partial charge in [-0.25, -0.2) is 4.39 Å². The van der Waals surface area contributed by atoms with Crippen molar-refractivity contribution in [3.05, 3.63) is 34.6 Å². The van der Waals surface area contributed by atoms with Gasteiger partial charge in [0.05, 0.1) is 16.2 Å². The van der Waals surface area contributed by atoms with Crippen LogP contribution in [0.1, 0.15) is 45.6 Å². The van der Waals surface area contributed by atoms with Crippen LogP contribution < -0.4 is 0 Å². The van der Waals surface area contributed by atoms with Crippen LogP contribution >= 0.6 is 11.6 Å². The maximum absolute atomic E-state index is 13.5. The van der Waals surface area contributed by atoms with Gasteiger partial charge < -0.3 is 9.31 Å². The average molecular weight is 297 g/mol. The molecule has 2 aliphatic rings. The van der Waals surface area contributed by atoms with Gasteiger partial charge in [0.2, 0.25) is 0 Å². The first-order valence-electron chi connectivity index (χ1n) is 7.02. The molecule has 0 bridgehead atoms. The molecule has 1 heterocycles. The second-order valence-electron chi connectivity index (χ2n) is 6.80. The maximum atomic E-state index is 13.5. The summed E-state index contributed by atoms with van der Waals surface area (Å²) in [4.78, 5) is 0. The maximum Gasteiger partial charge on any atom is 0.461 e. The fourth-order valence-electron chi connectivity index (χ4n) is 2.71. The van der Waals surface area contributed by atoms with E-state index in [1.807, 2.05) is 33.8 Å². The molecular formula is C15H19BClFO2. The molecule has 1 aliphatic carbocycles. The highest BCUT2D eigenvalue weighted by molar-refractivity contribution is 6.49. The van der Waals surface area contributed by atoms with Gasteiger partial charge in [-0.1, -0.05) is 17.7 Å². The van der Waals surface area contributed by atoms with Gasteiger partial charge in [0, 0.05) is 5.82 Å². The van der Waals surface area contributed by atoms with Crippen molar-refractivity contribution in [1.82, 2.24) is 0 Å². The number of rotatable bonds is 2. The van der Waals surface area contributed by atoms with E-state index in [0.29, 0.717) is 11.7 Å². The Labute approximate surface area is 124 Å². The van der Waals surface area contributed by atoms with Crippen LogP contribution in [0.5, 0.6) is 0 Å². The first-order valence-corrected chi connectivity index (χ1v) is 7.40. The Morgan fingerprint density at radius 2 is 1.80 bits per heavy atom. The van der Waals surface area contributed by atoms with Crippen molar-refractivity contribution in [2.45, 2.75) is 57.1 Å². The summed E-state index contributed by atoms with van der Waals surface area (Å²) >= 11 is 5.72. The Balaban J connectivity index is 1.72. The first kappa shape index (κ1) is 14.4. The molecule has 0 aromatic heterocycles. The molecule has 0 amide bonds. The van der Waals surface area contributed by atoms with E-state index < -0.39 is 0 Å². The Morgan fingerprint density at radius 3 is 2.35 bits per heavy atom. The Kier molecular flexibility index (Phi) is 3.20. The molecule has 1 saturated heterocycles. The van der Waals surface area contributed by atoms with Crippen molar-refractivity contribution < 1.29 is 13.7 Å². The van der Waals surface area contributed by atoms with Crippen LogP contribution in [0.4, 0.5) is 4.39 Å². The molecule has 0 N–H and O–H groups in total. The number of hydrogen-bond acceptors (Lipinski definition) is 2. The van der Waals surface area contributed by atoms with Gasteiger partial charge in [0.1, 0.15) is 5.82 Å². The molecule has 3 rings (SSSR count). The zero-order valence-corrected chi connectivity index (χ0v) is 13.0. The predicted molar refractivity (Wildman–Crippen MR) is 78.6 cm³/mol. The second kappa shape index (κ2) is 4.46. The van der Waals surface area contributed by atoms with Crippen molar-refractivity contribution in [3.8, 4) is 0 Å². The van der Waals surface area contributed by atoms with Crippen molar-refractivity contribution in [3.63, 3.8) is 0 Å². The summed E-state index contributed by atoms with van der Waals surface area (Å²) in [6.07, 6.45) is 0.970. The van der Waals surface area contributed by atoms with Gasteiger partial charge in [0.25, 0.3) is 0 Å². The zero-order chi connectivity index (χ0) is 14.7. The van der Waals surface area contributed by atoms with Crippen LogP contribution in [0.3, 0.4) is 0 Å². The fourth-order valence-corrected chi connectivity index (χ4v) is 2.82. The van der Waals surface area contributed by atoms with E-state index in [-0.39, 0.29) is 29.2 Å². The summed E-state index contributed by atoms with van der Waals surface area (Å²) in [6.45, 7) is 8.19. The third-order valence-electron chi connectivity index (χ3n) is 4.83. The third-order valence-corrected chi connectivity index (χ3v) is 5.14. The second-order valence-corrected chi connectivity index (χ2v) is 7.21. The van der Waals surface area contributed by atoms with Crippen LogP contribution in [0.2, 0.25) is 10.8 Å². The van der Waals surface area contributed by atoms with Gasteiger partial charge in [-0.2, -0.15) is 0 Å². The lowest BCUT2D eigenvalue weighted by Crippen LogP contribution is -2.41. The summed E-state index contributed by atoms with van der Waals surface area (Å²) in [7, 11) is -0.205. The minimum Gasteiger partial charge on any atom is -0.403 e. The van der Waals surface area contributed by atoms with E-state index in [1.165, 1.54) is 6.07 Å². The summed E-state index contributed by atoms with van der Waals surface area (Å²) in [5.74, 6) is 0.247. The lowest BCUT2D eigenvalue weighted by Gasteiger charge is -2.32. The van der Waals surface area contributed by atoms with Crippen LogP contribution in [0.25, 0.3) is 0 Å². The van der Waals surface area contributed by atoms with E-state index >= 15 is 0 Å². The summed E-state index contributed by atoms with van der Waals surface area (Å²) in [5, 5.41) is 0.168. The molecule has 0 radical (unpaired) electrons. The van der Waals surface area contributed by atoms with Gasteiger partial charge in [-0.05, 0) is 57.7 Å². The Bertz CT molecular complexity index is 531. The molecule has 0 spiro atoms. The lowest BCUT2D eigenvalue weighted by molar-refractivity contribution is 0.00578. The predicted octanol–water partition coefficient (Wildman–Crippen LogP) is 4.43. The van der Waals surface area contributed by atoms with Crippen molar-refractivity contribution in [1.29, 1.82) is 0 Å². The summed E-state index contributed by atoms with van der Waals surface area (Å²) < 4.78 is 25.6. The molecule has 2 nitrogen and oxygen atoms in total. The normalized spacial score (nSPS) is 30.6. The van der Waals surface area contributed by atoms with Gasteiger partial charge >= 0.3 is 7.12 Å². The number of halogens is 2. The summed E-state index contributed by atoms with van der Waals surface area (Å²) in [5.41, 5.74) is 0.359. The van der Waals surface area contributed by atoms with E-state index in [2.05, 4.69) is 0 Å². The van der Waals surface area contributed by atoms with E-state index in [0.717, 1.165) is 12.0 Å². The van der Waals surface area contributed by atoms with Crippen molar-refractivity contribution >= 4 is 18.7 Å². The molecule has 2 atom stereocenters. The molecule has 2 fully saturated rings. The van der Waals surface area contributed by atoms with Crippen molar-refractivity contribution in [2.75, 3.05) is 0 Å². The Morgan fingerprint density at radius 1 is 1.20 bits per heavy atom. The highest BCUT2D eigenvalue weighted by atomic mass is 35.5. The molecular weight excluding hydrogens is 277 g/mol. The van der Waals surface area contributed by atoms with E-state index in [1.54, 1.807) is 6.07 Å². The smallest absolute Gasteiger partial charge is 0.403 e. The summed E-state index contributed by atoms with van der Waals surface area (Å²) in [6, 6.07) is 5.03. The van der Waals surface area contributed by atoms with E-state index in [4.69, 9.17) is 20.9 Å². The SMILES string of the molecule is CC1(C)OB(C2CC2c2ccc(Cl)c(F)c2)OC1(C)C. The quantitative estimate of drug-likeness (QED) is 0.752. The van der Waals surface area contributed by atoms with Gasteiger partial charge in [-0.15, -0.1) is 0 Å². The minimum atomic E-state index is -0.358. The molecule has 1 saturated carbocycles. The van der Waals surface area contributed by atoms with Gasteiger partial charge in [0.15, 0.2) is 0 Å². The third kappa shape index (κ3) is 2.28. The number of benzene rings is 1. The lowest BCUT2D eigenvalue weighted by atomic mass is 9.79. The molecule has 1 aromatic rings. The monoisotopic (exact) mass is 296 g/mol. The number of hydrogen-bond donors (Lipinski definition) is 0. The largest absolute Gasteiger partial charge is 0.461 e. The fraction of sp³-hybridized carbons (Fsp3) is 0.600. The average Bonchev–Trinajstić information content (AvgIpc) is 3.07. The van der Waals surface area contributed by atoms with Crippen LogP contribution in [-0.4, -0.2) is 18.3 Å². The zero-order valence-electron chi connectivity index (χ0n) is 12.2. The molecule has 2 unspecified atom stereocenters. The van der Waals surface area contributed by atoms with Crippen LogP contribution in [0.15, 0.2) is 18.2 Å². The topological polar surface area (TPSA) is 18.5 Å². The highest BCUT2D eigenvalue weighted by Crippen LogP contribution is 2.58. The Hall–Kier alpha value is -0.575.